The lowest BCUT2D eigenvalue weighted by Gasteiger charge is -2.08. The SMILES string of the molecule is Cc1cc(NC(=O)CNC=O)c(F)cc1Cl. The lowest BCUT2D eigenvalue weighted by atomic mass is 10.2. The Hall–Kier alpha value is -1.62. The summed E-state index contributed by atoms with van der Waals surface area (Å²) in [4.78, 5) is 21.1. The highest BCUT2D eigenvalue weighted by Crippen LogP contribution is 2.23. The van der Waals surface area contributed by atoms with Gasteiger partial charge in [-0.2, -0.15) is 0 Å². The van der Waals surface area contributed by atoms with Gasteiger partial charge in [-0.25, -0.2) is 4.39 Å². The van der Waals surface area contributed by atoms with E-state index in [1.807, 2.05) is 0 Å². The van der Waals surface area contributed by atoms with E-state index in [1.54, 1.807) is 6.92 Å². The Morgan fingerprint density at radius 1 is 1.56 bits per heavy atom. The summed E-state index contributed by atoms with van der Waals surface area (Å²) in [6, 6.07) is 2.55. The van der Waals surface area contributed by atoms with Gasteiger partial charge in [-0.05, 0) is 24.6 Å². The summed E-state index contributed by atoms with van der Waals surface area (Å²) < 4.78 is 13.3. The smallest absolute Gasteiger partial charge is 0.243 e. The Kier molecular flexibility index (Phi) is 4.25. The fourth-order valence-electron chi connectivity index (χ4n) is 1.08. The molecule has 1 rings (SSSR count). The molecule has 4 nitrogen and oxygen atoms in total. The topological polar surface area (TPSA) is 58.2 Å². The van der Waals surface area contributed by atoms with Gasteiger partial charge in [0.25, 0.3) is 0 Å². The van der Waals surface area contributed by atoms with Crippen molar-refractivity contribution in [2.24, 2.45) is 0 Å². The molecule has 0 atom stereocenters. The van der Waals surface area contributed by atoms with Crippen LogP contribution in [0.2, 0.25) is 5.02 Å². The number of nitrogens with one attached hydrogen (secondary N) is 2. The van der Waals surface area contributed by atoms with E-state index in [0.29, 0.717) is 17.0 Å². The Labute approximate surface area is 96.8 Å². The van der Waals surface area contributed by atoms with Gasteiger partial charge in [-0.15, -0.1) is 0 Å². The van der Waals surface area contributed by atoms with Gasteiger partial charge in [0.15, 0.2) is 0 Å². The molecule has 0 radical (unpaired) electrons. The highest BCUT2D eigenvalue weighted by atomic mass is 35.5. The molecule has 0 aliphatic carbocycles. The number of anilines is 1. The molecule has 0 aromatic heterocycles. The highest BCUT2D eigenvalue weighted by molar-refractivity contribution is 6.31. The molecule has 0 fully saturated rings. The molecule has 6 heteroatoms. The van der Waals surface area contributed by atoms with Gasteiger partial charge >= 0.3 is 0 Å². The second-order valence-corrected chi connectivity index (χ2v) is 3.54. The molecule has 2 N–H and O–H groups in total. The first-order valence-corrected chi connectivity index (χ1v) is 4.85. The lowest BCUT2D eigenvalue weighted by molar-refractivity contribution is -0.118. The average molecular weight is 245 g/mol. The molecule has 0 bridgehead atoms. The fraction of sp³-hybridized carbons (Fsp3) is 0.200. The molecular formula is C10H10ClFN2O2. The number of aryl methyl sites for hydroxylation is 1. The molecule has 0 heterocycles. The van der Waals surface area contributed by atoms with Gasteiger partial charge in [-0.1, -0.05) is 11.6 Å². The van der Waals surface area contributed by atoms with Gasteiger partial charge in [0, 0.05) is 5.02 Å². The van der Waals surface area contributed by atoms with Crippen LogP contribution in [0.4, 0.5) is 10.1 Å². The largest absolute Gasteiger partial charge is 0.350 e. The molecule has 86 valence electrons. The summed E-state index contributed by atoms with van der Waals surface area (Å²) in [6.07, 6.45) is 0.392. The van der Waals surface area contributed by atoms with E-state index < -0.39 is 11.7 Å². The number of hydrogen-bond donors (Lipinski definition) is 2. The maximum absolute atomic E-state index is 13.3. The van der Waals surface area contributed by atoms with Crippen LogP contribution in [-0.2, 0) is 9.59 Å². The van der Waals surface area contributed by atoms with E-state index in [2.05, 4.69) is 10.6 Å². The number of amides is 2. The van der Waals surface area contributed by atoms with Crippen LogP contribution in [-0.4, -0.2) is 18.9 Å². The normalized spacial score (nSPS) is 9.69. The zero-order valence-electron chi connectivity index (χ0n) is 8.51. The van der Waals surface area contributed by atoms with Crippen molar-refractivity contribution in [3.8, 4) is 0 Å². The molecule has 0 unspecified atom stereocenters. The van der Waals surface area contributed by atoms with Crippen LogP contribution in [0.15, 0.2) is 12.1 Å². The predicted octanol–water partition coefficient (Wildman–Crippen LogP) is 1.47. The summed E-state index contributed by atoms with van der Waals surface area (Å²) in [5.41, 5.74) is 0.696. The van der Waals surface area contributed by atoms with Crippen molar-refractivity contribution in [1.29, 1.82) is 0 Å². The Morgan fingerprint density at radius 3 is 2.88 bits per heavy atom. The van der Waals surface area contributed by atoms with E-state index in [4.69, 9.17) is 11.6 Å². The van der Waals surface area contributed by atoms with Crippen LogP contribution < -0.4 is 10.6 Å². The molecule has 0 saturated carbocycles. The first-order chi connectivity index (χ1) is 7.54. The standard InChI is InChI=1S/C10H10ClFN2O2/c1-6-2-9(8(12)3-7(6)11)14-10(16)4-13-5-15/h2-3,5H,4H2,1H3,(H,13,15)(H,14,16). The quantitative estimate of drug-likeness (QED) is 0.788. The Balaban J connectivity index is 2.77. The molecule has 0 aliphatic rings. The van der Waals surface area contributed by atoms with E-state index in [0.717, 1.165) is 6.07 Å². The maximum Gasteiger partial charge on any atom is 0.243 e. The van der Waals surface area contributed by atoms with Gasteiger partial charge in [-0.3, -0.25) is 9.59 Å². The summed E-state index contributed by atoms with van der Waals surface area (Å²) in [5, 5.41) is 4.78. The summed E-state index contributed by atoms with van der Waals surface area (Å²) in [5.74, 6) is -1.12. The Bertz CT molecular complexity index is 424. The first-order valence-electron chi connectivity index (χ1n) is 4.47. The maximum atomic E-state index is 13.3. The van der Waals surface area contributed by atoms with Crippen LogP contribution in [0, 0.1) is 12.7 Å². The van der Waals surface area contributed by atoms with Crippen LogP contribution >= 0.6 is 11.6 Å². The molecule has 0 saturated heterocycles. The molecule has 1 aromatic rings. The second-order valence-electron chi connectivity index (χ2n) is 3.13. The van der Waals surface area contributed by atoms with Crippen molar-refractivity contribution in [1.82, 2.24) is 5.32 Å². The highest BCUT2D eigenvalue weighted by Gasteiger charge is 2.08. The van der Waals surface area contributed by atoms with Crippen LogP contribution in [0.1, 0.15) is 5.56 Å². The minimum atomic E-state index is -0.616. The van der Waals surface area contributed by atoms with Gasteiger partial charge in [0.2, 0.25) is 12.3 Å². The average Bonchev–Trinajstić information content (AvgIpc) is 2.23. The van der Waals surface area contributed by atoms with Gasteiger partial charge in [0.1, 0.15) is 5.82 Å². The number of benzene rings is 1. The van der Waals surface area contributed by atoms with Crippen molar-refractivity contribution < 1.29 is 14.0 Å². The number of carbonyl (C=O) groups is 2. The molecule has 0 aliphatic heterocycles. The number of hydrogen-bond acceptors (Lipinski definition) is 2. The number of carbonyl (C=O) groups excluding carboxylic acids is 2. The molecule has 0 spiro atoms. The third kappa shape index (κ3) is 3.20. The third-order valence-electron chi connectivity index (χ3n) is 1.87. The lowest BCUT2D eigenvalue weighted by Crippen LogP contribution is -2.27. The van der Waals surface area contributed by atoms with Crippen molar-refractivity contribution >= 4 is 29.6 Å². The molecular weight excluding hydrogens is 235 g/mol. The van der Waals surface area contributed by atoms with Gasteiger partial charge < -0.3 is 10.6 Å². The van der Waals surface area contributed by atoms with E-state index in [9.17, 15) is 14.0 Å². The number of halogens is 2. The monoisotopic (exact) mass is 244 g/mol. The Morgan fingerprint density at radius 2 is 2.25 bits per heavy atom. The van der Waals surface area contributed by atoms with Crippen LogP contribution in [0.3, 0.4) is 0 Å². The van der Waals surface area contributed by atoms with Crippen LogP contribution in [0.5, 0.6) is 0 Å². The fourth-order valence-corrected chi connectivity index (χ4v) is 1.23. The predicted molar refractivity (Wildman–Crippen MR) is 58.8 cm³/mol. The minimum Gasteiger partial charge on any atom is -0.350 e. The third-order valence-corrected chi connectivity index (χ3v) is 2.28. The molecule has 1 aromatic carbocycles. The summed E-state index contributed by atoms with van der Waals surface area (Å²) in [7, 11) is 0. The first kappa shape index (κ1) is 12.4. The minimum absolute atomic E-state index is 0.0413. The van der Waals surface area contributed by atoms with E-state index in [-0.39, 0.29) is 12.2 Å². The molecule has 2 amide bonds. The van der Waals surface area contributed by atoms with Crippen molar-refractivity contribution in [3.63, 3.8) is 0 Å². The summed E-state index contributed by atoms with van der Waals surface area (Å²) in [6.45, 7) is 1.49. The summed E-state index contributed by atoms with van der Waals surface area (Å²) >= 11 is 5.69. The van der Waals surface area contributed by atoms with Crippen molar-refractivity contribution in [2.45, 2.75) is 6.92 Å². The zero-order chi connectivity index (χ0) is 12.1. The van der Waals surface area contributed by atoms with Crippen LogP contribution in [0.25, 0.3) is 0 Å². The second kappa shape index (κ2) is 5.46. The number of rotatable bonds is 4. The zero-order valence-corrected chi connectivity index (χ0v) is 9.27. The van der Waals surface area contributed by atoms with E-state index >= 15 is 0 Å². The van der Waals surface area contributed by atoms with Crippen molar-refractivity contribution in [3.05, 3.63) is 28.5 Å². The van der Waals surface area contributed by atoms with Gasteiger partial charge in [0.05, 0.1) is 12.2 Å². The van der Waals surface area contributed by atoms with Crippen molar-refractivity contribution in [2.75, 3.05) is 11.9 Å². The molecule has 16 heavy (non-hydrogen) atoms. The van der Waals surface area contributed by atoms with E-state index in [1.165, 1.54) is 6.07 Å².